The van der Waals surface area contributed by atoms with E-state index in [2.05, 4.69) is 31.2 Å². The van der Waals surface area contributed by atoms with Crippen LogP contribution in [-0.4, -0.2) is 35.3 Å². The van der Waals surface area contributed by atoms with Crippen molar-refractivity contribution in [2.24, 2.45) is 5.16 Å². The second-order valence-corrected chi connectivity index (χ2v) is 8.11. The number of hydrogen-bond acceptors (Lipinski definition) is 5. The van der Waals surface area contributed by atoms with Crippen molar-refractivity contribution in [3.05, 3.63) is 22.4 Å². The van der Waals surface area contributed by atoms with Gasteiger partial charge in [0.1, 0.15) is 0 Å². The molecule has 0 saturated carbocycles. The minimum atomic E-state index is -0.137. The molecule has 0 aromatic carbocycles. The smallest absolute Gasteiger partial charge is 0.260 e. The summed E-state index contributed by atoms with van der Waals surface area (Å²) in [5.41, 5.74) is 0.788. The number of nitrogens with one attached hydrogen (secondary N) is 1. The van der Waals surface area contributed by atoms with E-state index in [0.29, 0.717) is 6.54 Å². The Morgan fingerprint density at radius 2 is 2.25 bits per heavy atom. The van der Waals surface area contributed by atoms with Gasteiger partial charge < -0.3 is 10.2 Å². The van der Waals surface area contributed by atoms with Crippen molar-refractivity contribution in [2.75, 3.05) is 18.9 Å². The predicted octanol–water partition coefficient (Wildman–Crippen LogP) is 3.14. The van der Waals surface area contributed by atoms with Gasteiger partial charge in [-0.25, -0.2) is 0 Å². The largest absolute Gasteiger partial charge is 0.385 e. The average Bonchev–Trinajstić information content (AvgIpc) is 2.87. The van der Waals surface area contributed by atoms with Crippen molar-refractivity contribution in [3.8, 4) is 0 Å². The van der Waals surface area contributed by atoms with Crippen molar-refractivity contribution < 1.29 is 9.63 Å². The summed E-state index contributed by atoms with van der Waals surface area (Å²) in [6.45, 7) is 8.95. The lowest BCUT2D eigenvalue weighted by molar-refractivity contribution is -0.125. The monoisotopic (exact) mass is 314 g/mol. The van der Waals surface area contributed by atoms with E-state index in [1.807, 2.05) is 36.2 Å². The van der Waals surface area contributed by atoms with E-state index in [1.54, 1.807) is 11.3 Å². The predicted molar refractivity (Wildman–Crippen MR) is 87.7 cm³/mol. The second-order valence-electron chi connectivity index (χ2n) is 5.24. The minimum Gasteiger partial charge on any atom is -0.385 e. The molecule has 0 spiro atoms. The molecule has 0 aliphatic rings. The molecule has 112 valence electrons. The number of carbonyl (C=O) groups is 1. The van der Waals surface area contributed by atoms with E-state index >= 15 is 0 Å². The lowest BCUT2D eigenvalue weighted by Crippen LogP contribution is -2.29. The van der Waals surface area contributed by atoms with E-state index in [4.69, 9.17) is 4.84 Å². The number of nitrogens with zero attached hydrogens (tertiary/aromatic N) is 1. The van der Waals surface area contributed by atoms with Crippen LogP contribution in [0.4, 0.5) is 0 Å². The van der Waals surface area contributed by atoms with Gasteiger partial charge in [-0.3, -0.25) is 4.79 Å². The molecule has 0 fully saturated rings. The number of oxime groups is 1. The normalized spacial score (nSPS) is 12.3. The molecule has 0 aliphatic heterocycles. The average molecular weight is 314 g/mol. The third-order valence-corrected chi connectivity index (χ3v) is 4.49. The van der Waals surface area contributed by atoms with Gasteiger partial charge in [0, 0.05) is 17.0 Å². The fourth-order valence-corrected chi connectivity index (χ4v) is 2.80. The fraction of sp³-hybridized carbons (Fsp3) is 0.571. The van der Waals surface area contributed by atoms with Crippen LogP contribution in [-0.2, 0) is 9.63 Å². The summed E-state index contributed by atoms with van der Waals surface area (Å²) in [5.74, 6) is 0.759. The van der Waals surface area contributed by atoms with Crippen molar-refractivity contribution in [3.63, 3.8) is 0 Å². The molecular formula is C14H22N2O2S2. The van der Waals surface area contributed by atoms with Gasteiger partial charge >= 0.3 is 0 Å². The van der Waals surface area contributed by atoms with Crippen LogP contribution in [0.2, 0.25) is 0 Å². The highest BCUT2D eigenvalue weighted by Gasteiger charge is 2.10. The van der Waals surface area contributed by atoms with Crippen molar-refractivity contribution in [1.82, 2.24) is 5.32 Å². The third kappa shape index (κ3) is 7.55. The Kier molecular flexibility index (Phi) is 7.09. The topological polar surface area (TPSA) is 50.7 Å². The number of hydrogen-bond donors (Lipinski definition) is 1. The number of thioether (sulfide) groups is 1. The van der Waals surface area contributed by atoms with Crippen LogP contribution >= 0.6 is 23.1 Å². The summed E-state index contributed by atoms with van der Waals surface area (Å²) in [6, 6.07) is 3.93. The summed E-state index contributed by atoms with van der Waals surface area (Å²) < 4.78 is 0.226. The number of carbonyl (C=O) groups excluding carboxylic acids is 1. The van der Waals surface area contributed by atoms with E-state index in [9.17, 15) is 4.79 Å². The highest BCUT2D eigenvalue weighted by molar-refractivity contribution is 8.00. The van der Waals surface area contributed by atoms with Gasteiger partial charge in [0.15, 0.2) is 6.61 Å². The Hall–Kier alpha value is -1.01. The van der Waals surface area contributed by atoms with Crippen molar-refractivity contribution in [1.29, 1.82) is 0 Å². The molecule has 0 atom stereocenters. The first-order valence-electron chi connectivity index (χ1n) is 6.49. The van der Waals surface area contributed by atoms with Gasteiger partial charge in [0.2, 0.25) is 0 Å². The highest BCUT2D eigenvalue weighted by atomic mass is 32.2. The minimum absolute atomic E-state index is 0.0388. The Bertz CT molecular complexity index is 437. The summed E-state index contributed by atoms with van der Waals surface area (Å²) in [7, 11) is 0. The fourth-order valence-electron chi connectivity index (χ4n) is 1.32. The molecule has 0 aliphatic carbocycles. The summed E-state index contributed by atoms with van der Waals surface area (Å²) in [6.07, 6.45) is 0. The van der Waals surface area contributed by atoms with Crippen molar-refractivity contribution >= 4 is 34.7 Å². The second kappa shape index (κ2) is 8.32. The summed E-state index contributed by atoms with van der Waals surface area (Å²) in [4.78, 5) is 17.6. The van der Waals surface area contributed by atoms with Crippen LogP contribution in [0.3, 0.4) is 0 Å². The summed E-state index contributed by atoms with van der Waals surface area (Å²) in [5, 5.41) is 8.73. The van der Waals surface area contributed by atoms with E-state index in [1.165, 1.54) is 0 Å². The molecule has 4 nitrogen and oxygen atoms in total. The SMILES string of the molecule is C/C(=N/OCC(=O)NCCSC(C)(C)C)c1cccs1. The molecule has 1 aromatic rings. The number of rotatable bonds is 7. The first kappa shape index (κ1) is 17.0. The molecule has 0 radical (unpaired) electrons. The first-order chi connectivity index (χ1) is 9.38. The Morgan fingerprint density at radius 1 is 1.50 bits per heavy atom. The highest BCUT2D eigenvalue weighted by Crippen LogP contribution is 2.21. The lowest BCUT2D eigenvalue weighted by Gasteiger charge is -2.17. The van der Waals surface area contributed by atoms with Crippen LogP contribution in [0, 0.1) is 0 Å². The third-order valence-electron chi connectivity index (χ3n) is 2.23. The molecular weight excluding hydrogens is 292 g/mol. The molecule has 6 heteroatoms. The van der Waals surface area contributed by atoms with E-state index in [0.717, 1.165) is 16.3 Å². The molecule has 1 aromatic heterocycles. The molecule has 0 bridgehead atoms. The number of amides is 1. The molecule has 0 unspecified atom stereocenters. The van der Waals surface area contributed by atoms with Crippen LogP contribution in [0.15, 0.2) is 22.7 Å². The van der Waals surface area contributed by atoms with Gasteiger partial charge in [-0.2, -0.15) is 11.8 Å². The van der Waals surface area contributed by atoms with E-state index < -0.39 is 0 Å². The molecule has 1 heterocycles. The maximum atomic E-state index is 11.5. The maximum absolute atomic E-state index is 11.5. The van der Waals surface area contributed by atoms with Gasteiger partial charge in [-0.15, -0.1) is 11.3 Å². The molecule has 0 saturated heterocycles. The van der Waals surface area contributed by atoms with Crippen LogP contribution < -0.4 is 5.32 Å². The Balaban J connectivity index is 2.16. The Morgan fingerprint density at radius 3 is 2.85 bits per heavy atom. The lowest BCUT2D eigenvalue weighted by atomic mass is 10.3. The van der Waals surface area contributed by atoms with E-state index in [-0.39, 0.29) is 17.3 Å². The van der Waals surface area contributed by atoms with Gasteiger partial charge in [-0.1, -0.05) is 32.0 Å². The van der Waals surface area contributed by atoms with Crippen LogP contribution in [0.25, 0.3) is 0 Å². The standard InChI is InChI=1S/C14H22N2O2S2/c1-11(12-6-5-8-19-12)16-18-10-13(17)15-7-9-20-14(2,3)4/h5-6,8H,7,9-10H2,1-4H3,(H,15,17)/b16-11-. The number of thiophene rings is 1. The maximum Gasteiger partial charge on any atom is 0.260 e. The zero-order valence-electron chi connectivity index (χ0n) is 12.4. The molecule has 1 rings (SSSR count). The van der Waals surface area contributed by atoms with Crippen LogP contribution in [0.5, 0.6) is 0 Å². The van der Waals surface area contributed by atoms with Gasteiger partial charge in [-0.05, 0) is 18.4 Å². The molecule has 1 amide bonds. The quantitative estimate of drug-likeness (QED) is 0.478. The Labute approximate surface area is 129 Å². The molecule has 20 heavy (non-hydrogen) atoms. The zero-order valence-corrected chi connectivity index (χ0v) is 14.1. The first-order valence-corrected chi connectivity index (χ1v) is 8.36. The van der Waals surface area contributed by atoms with Gasteiger partial charge in [0.05, 0.1) is 10.6 Å². The van der Waals surface area contributed by atoms with Gasteiger partial charge in [0.25, 0.3) is 5.91 Å². The van der Waals surface area contributed by atoms with Crippen molar-refractivity contribution in [2.45, 2.75) is 32.4 Å². The summed E-state index contributed by atoms with van der Waals surface area (Å²) >= 11 is 3.42. The molecule has 1 N–H and O–H groups in total. The van der Waals surface area contributed by atoms with Crippen LogP contribution in [0.1, 0.15) is 32.6 Å². The zero-order chi connectivity index (χ0) is 15.0.